The van der Waals surface area contributed by atoms with Gasteiger partial charge in [0.1, 0.15) is 5.15 Å². The molecule has 0 aliphatic heterocycles. The number of pyridine rings is 1. The zero-order chi connectivity index (χ0) is 10.2. The average molecular weight is 238 g/mol. The van der Waals surface area contributed by atoms with Crippen LogP contribution in [-0.2, 0) is 0 Å². The van der Waals surface area contributed by atoms with Crippen molar-refractivity contribution in [2.45, 2.75) is 19.6 Å². The van der Waals surface area contributed by atoms with Crippen LogP contribution in [0.4, 0.5) is 4.39 Å². The van der Waals surface area contributed by atoms with Crippen molar-refractivity contribution in [1.82, 2.24) is 4.98 Å². The smallest absolute Gasteiger partial charge is 0.166 e. The van der Waals surface area contributed by atoms with Crippen molar-refractivity contribution in [1.29, 1.82) is 0 Å². The van der Waals surface area contributed by atoms with Gasteiger partial charge < -0.3 is 0 Å². The van der Waals surface area contributed by atoms with E-state index in [-0.39, 0.29) is 10.3 Å². The molecular weight excluding hydrogens is 228 g/mol. The Kier molecular flexibility index (Phi) is 3.00. The van der Waals surface area contributed by atoms with Crippen LogP contribution >= 0.6 is 23.2 Å². The fourth-order valence-corrected chi connectivity index (χ4v) is 2.96. The summed E-state index contributed by atoms with van der Waals surface area (Å²) in [4.78, 5) is 3.63. The molecule has 13 heavy (non-hydrogen) atoms. The van der Waals surface area contributed by atoms with Gasteiger partial charge in [0, 0.05) is 0 Å². The van der Waals surface area contributed by atoms with Crippen molar-refractivity contribution >= 4 is 36.5 Å². The van der Waals surface area contributed by atoms with Gasteiger partial charge >= 0.3 is 0 Å². The van der Waals surface area contributed by atoms with Crippen LogP contribution in [0.5, 0.6) is 0 Å². The second-order valence-corrected chi connectivity index (χ2v) is 9.63. The average Bonchev–Trinajstić information content (AvgIpc) is 1.94. The first-order valence-corrected chi connectivity index (χ1v) is 8.10. The summed E-state index contributed by atoms with van der Waals surface area (Å²) in [5.41, 5.74) is 0. The maximum atomic E-state index is 13.5. The Morgan fingerprint density at radius 3 is 2.31 bits per heavy atom. The molecule has 0 fully saturated rings. The topological polar surface area (TPSA) is 12.9 Å². The van der Waals surface area contributed by atoms with Crippen molar-refractivity contribution in [3.63, 3.8) is 0 Å². The van der Waals surface area contributed by atoms with Gasteiger partial charge in [-0.25, -0.2) is 9.37 Å². The number of hydrogen-bond donors (Lipinski definition) is 0. The largest absolute Gasteiger partial charge is 0.221 e. The highest BCUT2D eigenvalue weighted by molar-refractivity contribution is 6.88. The number of rotatable bonds is 1. The molecule has 1 heterocycles. The van der Waals surface area contributed by atoms with Crippen molar-refractivity contribution < 1.29 is 4.39 Å². The first-order valence-electron chi connectivity index (χ1n) is 3.84. The van der Waals surface area contributed by atoms with Crippen molar-refractivity contribution in [2.24, 2.45) is 0 Å². The molecule has 1 aromatic rings. The van der Waals surface area contributed by atoms with Crippen LogP contribution in [0.2, 0.25) is 29.9 Å². The van der Waals surface area contributed by atoms with E-state index in [4.69, 9.17) is 23.2 Å². The lowest BCUT2D eigenvalue weighted by molar-refractivity contribution is 0.629. The van der Waals surface area contributed by atoms with Crippen LogP contribution in [0.15, 0.2) is 6.07 Å². The van der Waals surface area contributed by atoms with E-state index in [1.165, 1.54) is 0 Å². The van der Waals surface area contributed by atoms with Gasteiger partial charge in [-0.1, -0.05) is 42.8 Å². The summed E-state index contributed by atoms with van der Waals surface area (Å²) in [5, 5.41) is 0.742. The van der Waals surface area contributed by atoms with Crippen LogP contribution in [-0.4, -0.2) is 13.1 Å². The first-order chi connectivity index (χ1) is 5.82. The molecule has 0 aliphatic carbocycles. The standard InChI is InChI=1S/C8H10Cl2FNSi/c1-13(2,3)5-4-6(9)12-8(10)7(5)11/h4H,1-3H3. The molecular formula is C8H10Cl2FNSi. The Bertz CT molecular complexity index is 336. The molecule has 1 aromatic heterocycles. The minimum absolute atomic E-state index is 0.134. The summed E-state index contributed by atoms with van der Waals surface area (Å²) in [6.07, 6.45) is 0. The molecule has 0 saturated carbocycles. The Morgan fingerprint density at radius 2 is 1.85 bits per heavy atom. The molecule has 5 heteroatoms. The molecule has 0 unspecified atom stereocenters. The SMILES string of the molecule is C[Si](C)(C)c1cc(Cl)nc(Cl)c1F. The van der Waals surface area contributed by atoms with Gasteiger partial charge in [0.05, 0.1) is 8.07 Å². The minimum Gasteiger partial charge on any atom is -0.221 e. The lowest BCUT2D eigenvalue weighted by atomic mass is 10.5. The molecule has 0 spiro atoms. The van der Waals surface area contributed by atoms with Gasteiger partial charge in [-0.05, 0) is 11.3 Å². The van der Waals surface area contributed by atoms with Gasteiger partial charge in [-0.3, -0.25) is 0 Å². The highest BCUT2D eigenvalue weighted by Gasteiger charge is 2.23. The molecule has 0 atom stereocenters. The Morgan fingerprint density at radius 1 is 1.31 bits per heavy atom. The van der Waals surface area contributed by atoms with Crippen molar-refractivity contribution in [2.75, 3.05) is 0 Å². The van der Waals surface area contributed by atoms with E-state index in [0.29, 0.717) is 5.19 Å². The predicted octanol–water partition coefficient (Wildman–Crippen LogP) is 3.07. The number of nitrogens with zero attached hydrogens (tertiary/aromatic N) is 1. The number of halogens is 3. The summed E-state index contributed by atoms with van der Waals surface area (Å²) in [7, 11) is -1.72. The summed E-state index contributed by atoms with van der Waals surface area (Å²) in [6.45, 7) is 6.08. The number of aromatic nitrogens is 1. The van der Waals surface area contributed by atoms with Crippen LogP contribution in [0.25, 0.3) is 0 Å². The fourth-order valence-electron chi connectivity index (χ4n) is 1.01. The van der Waals surface area contributed by atoms with Gasteiger partial charge in [0.2, 0.25) is 0 Å². The normalized spacial score (nSPS) is 11.8. The summed E-state index contributed by atoms with van der Waals surface area (Å²) >= 11 is 11.3. The Balaban J connectivity index is 3.37. The first kappa shape index (κ1) is 11.0. The van der Waals surface area contributed by atoms with E-state index >= 15 is 0 Å². The maximum absolute atomic E-state index is 13.5. The van der Waals surface area contributed by atoms with Crippen LogP contribution in [0, 0.1) is 5.82 Å². The second-order valence-electron chi connectivity index (χ2n) is 3.85. The fraction of sp³-hybridized carbons (Fsp3) is 0.375. The monoisotopic (exact) mass is 237 g/mol. The van der Waals surface area contributed by atoms with Gasteiger partial charge in [0.15, 0.2) is 11.0 Å². The van der Waals surface area contributed by atoms with Gasteiger partial charge in [-0.2, -0.15) is 0 Å². The van der Waals surface area contributed by atoms with E-state index in [0.717, 1.165) is 0 Å². The Hall–Kier alpha value is -0.123. The maximum Gasteiger partial charge on any atom is 0.166 e. The van der Waals surface area contributed by atoms with Crippen LogP contribution in [0.1, 0.15) is 0 Å². The minimum atomic E-state index is -1.72. The van der Waals surface area contributed by atoms with Crippen molar-refractivity contribution in [3.05, 3.63) is 22.2 Å². The van der Waals surface area contributed by atoms with E-state index in [2.05, 4.69) is 4.98 Å². The van der Waals surface area contributed by atoms with Crippen LogP contribution < -0.4 is 5.19 Å². The second kappa shape index (κ2) is 3.56. The quantitative estimate of drug-likeness (QED) is 0.541. The van der Waals surface area contributed by atoms with E-state index in [9.17, 15) is 4.39 Å². The third-order valence-corrected chi connectivity index (χ3v) is 4.12. The van der Waals surface area contributed by atoms with Gasteiger partial charge in [-0.15, -0.1) is 0 Å². The lowest BCUT2D eigenvalue weighted by Crippen LogP contribution is -2.40. The molecule has 0 N–H and O–H groups in total. The molecule has 0 saturated heterocycles. The van der Waals surface area contributed by atoms with E-state index < -0.39 is 13.9 Å². The highest BCUT2D eigenvalue weighted by atomic mass is 35.5. The molecule has 0 bridgehead atoms. The summed E-state index contributed by atoms with van der Waals surface area (Å²) in [6, 6.07) is 1.56. The Labute approximate surface area is 87.9 Å². The molecule has 0 aromatic carbocycles. The molecule has 0 amide bonds. The van der Waals surface area contributed by atoms with E-state index in [1.54, 1.807) is 6.07 Å². The zero-order valence-electron chi connectivity index (χ0n) is 7.66. The highest BCUT2D eigenvalue weighted by Crippen LogP contribution is 2.16. The van der Waals surface area contributed by atoms with Crippen LogP contribution in [0.3, 0.4) is 0 Å². The molecule has 72 valence electrons. The van der Waals surface area contributed by atoms with E-state index in [1.807, 2.05) is 19.6 Å². The third kappa shape index (κ3) is 2.42. The third-order valence-electron chi connectivity index (χ3n) is 1.69. The summed E-state index contributed by atoms with van der Waals surface area (Å²) < 4.78 is 13.5. The molecule has 1 rings (SSSR count). The molecule has 0 aliphatic rings. The number of hydrogen-bond acceptors (Lipinski definition) is 1. The molecule has 0 radical (unpaired) electrons. The molecule has 1 nitrogen and oxygen atoms in total. The van der Waals surface area contributed by atoms with Gasteiger partial charge in [0.25, 0.3) is 0 Å². The zero-order valence-corrected chi connectivity index (χ0v) is 10.2. The lowest BCUT2D eigenvalue weighted by Gasteiger charge is -2.17. The van der Waals surface area contributed by atoms with Crippen molar-refractivity contribution in [3.8, 4) is 0 Å². The predicted molar refractivity (Wildman–Crippen MR) is 57.2 cm³/mol. The summed E-state index contributed by atoms with van der Waals surface area (Å²) in [5.74, 6) is -0.426.